The van der Waals surface area contributed by atoms with E-state index in [2.05, 4.69) is 27.9 Å². The highest BCUT2D eigenvalue weighted by Gasteiger charge is 2.28. The standard InChI is InChI=1S/C21H18ClIN2O4S2/c1-11-4-5-13(22)9-15(11)24-18(26)10-29-19-14(23)6-12(7-16(19)28-3)8-17-20(27)25(2)21(30)31-17/h4-9H,10H2,1-3H3,(H,24,26)/b17-8-. The molecular formula is C21H18ClIN2O4S2. The Bertz CT molecular complexity index is 1110. The van der Waals surface area contributed by atoms with Gasteiger partial charge in [-0.1, -0.05) is 41.6 Å². The van der Waals surface area contributed by atoms with Gasteiger partial charge in [-0.15, -0.1) is 0 Å². The molecule has 2 aromatic carbocycles. The molecule has 1 aliphatic heterocycles. The molecule has 0 saturated carbocycles. The van der Waals surface area contributed by atoms with Crippen LogP contribution < -0.4 is 14.8 Å². The predicted molar refractivity (Wildman–Crippen MR) is 137 cm³/mol. The lowest BCUT2D eigenvalue weighted by atomic mass is 10.2. The van der Waals surface area contributed by atoms with Crippen molar-refractivity contribution < 1.29 is 19.1 Å². The number of hydrogen-bond donors (Lipinski definition) is 1. The van der Waals surface area contributed by atoms with E-state index in [0.29, 0.717) is 31.4 Å². The van der Waals surface area contributed by atoms with Gasteiger partial charge in [-0.05, 0) is 71.0 Å². The van der Waals surface area contributed by atoms with Crippen LogP contribution in [0.5, 0.6) is 11.5 Å². The lowest BCUT2D eigenvalue weighted by Gasteiger charge is -2.14. The summed E-state index contributed by atoms with van der Waals surface area (Å²) in [5.74, 6) is 0.439. The molecular weight excluding hydrogens is 571 g/mol. The minimum Gasteiger partial charge on any atom is -0.493 e. The van der Waals surface area contributed by atoms with Crippen LogP contribution in [0.4, 0.5) is 5.69 Å². The highest BCUT2D eigenvalue weighted by molar-refractivity contribution is 14.1. The van der Waals surface area contributed by atoms with Gasteiger partial charge in [0, 0.05) is 17.8 Å². The predicted octanol–water partition coefficient (Wildman–Crippen LogP) is 5.11. The number of carbonyl (C=O) groups excluding carboxylic acids is 2. The summed E-state index contributed by atoms with van der Waals surface area (Å²) in [6.45, 7) is 1.68. The average molecular weight is 589 g/mol. The van der Waals surface area contributed by atoms with E-state index in [1.807, 2.05) is 19.1 Å². The molecule has 1 saturated heterocycles. The van der Waals surface area contributed by atoms with Gasteiger partial charge in [0.15, 0.2) is 18.1 Å². The molecule has 0 radical (unpaired) electrons. The van der Waals surface area contributed by atoms with Crippen molar-refractivity contribution in [1.82, 2.24) is 4.90 Å². The number of ether oxygens (including phenoxy) is 2. The number of nitrogens with one attached hydrogen (secondary N) is 1. The molecule has 0 unspecified atom stereocenters. The van der Waals surface area contributed by atoms with Gasteiger partial charge in [-0.2, -0.15) is 0 Å². The van der Waals surface area contributed by atoms with Crippen LogP contribution in [-0.2, 0) is 9.59 Å². The number of hydrogen-bond acceptors (Lipinski definition) is 6. The van der Waals surface area contributed by atoms with Crippen LogP contribution in [0, 0.1) is 10.5 Å². The minimum absolute atomic E-state index is 0.141. The SMILES string of the molecule is COc1cc(/C=C2\SC(=S)N(C)C2=O)cc(I)c1OCC(=O)Nc1cc(Cl)ccc1C. The van der Waals surface area contributed by atoms with E-state index in [9.17, 15) is 9.59 Å². The number of thiocarbonyl (C=S) groups is 1. The molecule has 0 bridgehead atoms. The van der Waals surface area contributed by atoms with E-state index in [-0.39, 0.29) is 18.4 Å². The average Bonchev–Trinajstić information content (AvgIpc) is 2.96. The third-order valence-electron chi connectivity index (χ3n) is 4.36. The van der Waals surface area contributed by atoms with Crippen molar-refractivity contribution in [1.29, 1.82) is 0 Å². The Balaban J connectivity index is 1.75. The zero-order chi connectivity index (χ0) is 22.7. The second-order valence-corrected chi connectivity index (χ2v) is 9.85. The fraction of sp³-hybridized carbons (Fsp3) is 0.190. The molecule has 3 rings (SSSR count). The third kappa shape index (κ3) is 5.71. The quantitative estimate of drug-likeness (QED) is 0.287. The number of nitrogens with zero attached hydrogens (tertiary/aromatic N) is 1. The van der Waals surface area contributed by atoms with E-state index < -0.39 is 0 Å². The first kappa shape index (κ1) is 23.8. The number of carbonyl (C=O) groups is 2. The van der Waals surface area contributed by atoms with E-state index in [1.54, 1.807) is 31.3 Å². The molecule has 31 heavy (non-hydrogen) atoms. The topological polar surface area (TPSA) is 67.9 Å². The molecule has 1 heterocycles. The lowest BCUT2D eigenvalue weighted by molar-refractivity contribution is -0.121. The van der Waals surface area contributed by atoms with Gasteiger partial charge in [-0.25, -0.2) is 0 Å². The summed E-state index contributed by atoms with van der Waals surface area (Å²) in [6.07, 6.45) is 1.76. The van der Waals surface area contributed by atoms with E-state index >= 15 is 0 Å². The van der Waals surface area contributed by atoms with Crippen LogP contribution in [0.15, 0.2) is 35.2 Å². The van der Waals surface area contributed by atoms with Gasteiger partial charge in [0.05, 0.1) is 15.6 Å². The molecule has 2 amide bonds. The van der Waals surface area contributed by atoms with Crippen molar-refractivity contribution in [3.8, 4) is 11.5 Å². The molecule has 0 atom stereocenters. The second kappa shape index (κ2) is 10.2. The number of halogens is 2. The molecule has 162 valence electrons. The van der Waals surface area contributed by atoms with E-state index in [4.69, 9.17) is 33.3 Å². The molecule has 6 nitrogen and oxygen atoms in total. The summed E-state index contributed by atoms with van der Waals surface area (Å²) >= 11 is 14.5. The van der Waals surface area contributed by atoms with Gasteiger partial charge in [0.2, 0.25) is 0 Å². The van der Waals surface area contributed by atoms with Crippen LogP contribution in [-0.4, -0.2) is 41.8 Å². The number of methoxy groups -OCH3 is 1. The number of anilines is 1. The van der Waals surface area contributed by atoms with Gasteiger partial charge >= 0.3 is 0 Å². The summed E-state index contributed by atoms with van der Waals surface area (Å²) in [5.41, 5.74) is 2.29. The highest BCUT2D eigenvalue weighted by atomic mass is 127. The molecule has 0 aliphatic carbocycles. The minimum atomic E-state index is -0.320. The molecule has 10 heteroatoms. The van der Waals surface area contributed by atoms with Crippen LogP contribution in [0.2, 0.25) is 5.02 Å². The third-order valence-corrected chi connectivity index (χ3v) is 6.88. The van der Waals surface area contributed by atoms with E-state index in [0.717, 1.165) is 14.7 Å². The van der Waals surface area contributed by atoms with Crippen molar-refractivity contribution in [3.63, 3.8) is 0 Å². The number of rotatable bonds is 6. The monoisotopic (exact) mass is 588 g/mol. The Morgan fingerprint density at radius 1 is 1.35 bits per heavy atom. The van der Waals surface area contributed by atoms with Crippen LogP contribution in [0.25, 0.3) is 6.08 Å². The van der Waals surface area contributed by atoms with Crippen molar-refractivity contribution in [2.45, 2.75) is 6.92 Å². The van der Waals surface area contributed by atoms with Gasteiger partial charge in [-0.3, -0.25) is 14.5 Å². The first-order chi connectivity index (χ1) is 14.7. The zero-order valence-corrected chi connectivity index (χ0v) is 21.4. The summed E-state index contributed by atoms with van der Waals surface area (Å²) in [6, 6.07) is 8.87. The molecule has 0 spiro atoms. The Hall–Kier alpha value is -1.82. The van der Waals surface area contributed by atoms with Crippen LogP contribution >= 0.6 is 58.2 Å². The van der Waals surface area contributed by atoms with Gasteiger partial charge < -0.3 is 14.8 Å². The lowest BCUT2D eigenvalue weighted by Crippen LogP contribution is -2.22. The highest BCUT2D eigenvalue weighted by Crippen LogP contribution is 2.37. The Labute approximate surface area is 208 Å². The number of likely N-dealkylation sites (N-methyl/N-ethyl adjacent to an activating group) is 1. The summed E-state index contributed by atoms with van der Waals surface area (Å²) in [7, 11) is 3.17. The molecule has 1 fully saturated rings. The summed E-state index contributed by atoms with van der Waals surface area (Å²) in [4.78, 5) is 26.6. The fourth-order valence-corrected chi connectivity index (χ4v) is 4.85. The van der Waals surface area contributed by atoms with Crippen LogP contribution in [0.3, 0.4) is 0 Å². The first-order valence-electron chi connectivity index (χ1n) is 8.97. The maximum atomic E-state index is 12.4. The molecule has 0 aromatic heterocycles. The fourth-order valence-electron chi connectivity index (χ4n) is 2.71. The first-order valence-corrected chi connectivity index (χ1v) is 11.7. The van der Waals surface area contributed by atoms with E-state index in [1.165, 1.54) is 23.8 Å². The maximum absolute atomic E-state index is 12.4. The van der Waals surface area contributed by atoms with Gasteiger partial charge in [0.1, 0.15) is 4.32 Å². The van der Waals surface area contributed by atoms with Crippen molar-refractivity contribution in [2.75, 3.05) is 26.1 Å². The second-order valence-electron chi connectivity index (χ2n) is 6.57. The Kier molecular flexibility index (Phi) is 7.84. The Morgan fingerprint density at radius 3 is 2.74 bits per heavy atom. The Morgan fingerprint density at radius 2 is 2.10 bits per heavy atom. The summed E-state index contributed by atoms with van der Waals surface area (Å²) < 4.78 is 12.4. The van der Waals surface area contributed by atoms with Crippen molar-refractivity contribution in [3.05, 3.63) is 55.0 Å². The molecule has 1 aliphatic rings. The van der Waals surface area contributed by atoms with Crippen molar-refractivity contribution in [2.24, 2.45) is 0 Å². The molecule has 1 N–H and O–H groups in total. The van der Waals surface area contributed by atoms with Gasteiger partial charge in [0.25, 0.3) is 11.8 Å². The number of amides is 2. The molecule has 2 aromatic rings. The maximum Gasteiger partial charge on any atom is 0.265 e. The number of benzene rings is 2. The van der Waals surface area contributed by atoms with Crippen molar-refractivity contribution >= 4 is 86.1 Å². The number of thioether (sulfide) groups is 1. The largest absolute Gasteiger partial charge is 0.493 e. The number of aryl methyl sites for hydroxylation is 1. The smallest absolute Gasteiger partial charge is 0.265 e. The summed E-state index contributed by atoms with van der Waals surface area (Å²) in [5, 5.41) is 3.33. The normalized spacial score (nSPS) is 14.9. The van der Waals surface area contributed by atoms with Crippen LogP contribution in [0.1, 0.15) is 11.1 Å². The zero-order valence-electron chi connectivity index (χ0n) is 16.8.